The van der Waals surface area contributed by atoms with E-state index in [1.165, 1.54) is 67.4 Å². The molecule has 0 bridgehead atoms. The van der Waals surface area contributed by atoms with Gasteiger partial charge in [-0.2, -0.15) is 0 Å². The molecule has 1 aromatic heterocycles. The predicted molar refractivity (Wildman–Crippen MR) is 108 cm³/mol. The second-order valence-electron chi connectivity index (χ2n) is 7.81. The smallest absolute Gasteiger partial charge is 0.226 e. The number of amides is 1. The summed E-state index contributed by atoms with van der Waals surface area (Å²) < 4.78 is 0. The van der Waals surface area contributed by atoms with E-state index in [0.717, 1.165) is 23.9 Å². The highest BCUT2D eigenvalue weighted by atomic mass is 32.1. The van der Waals surface area contributed by atoms with Gasteiger partial charge in [-0.1, -0.05) is 50.3 Å². The molecule has 2 aliphatic rings. The Labute approximate surface area is 160 Å². The molecular weight excluding hydrogens is 340 g/mol. The van der Waals surface area contributed by atoms with Crippen LogP contribution >= 0.6 is 11.3 Å². The summed E-state index contributed by atoms with van der Waals surface area (Å²) in [4.78, 5) is 17.9. The standard InChI is InChI=1S/C22H28N2OS/c25-21(13-12-16-6-2-1-3-7-16)24-22-23-15-19(26-22)14-18-10-4-8-17-9-5-11-20(17)18/h4,8,10,15-16H,1-3,5-7,9,11-14H2,(H,23,24,25). The Hall–Kier alpha value is -1.68. The molecule has 1 heterocycles. The molecule has 1 fully saturated rings. The quantitative estimate of drug-likeness (QED) is 0.729. The Morgan fingerprint density at radius 3 is 2.92 bits per heavy atom. The van der Waals surface area contributed by atoms with E-state index in [1.807, 2.05) is 6.20 Å². The van der Waals surface area contributed by atoms with Gasteiger partial charge in [-0.3, -0.25) is 4.79 Å². The fourth-order valence-electron chi connectivity index (χ4n) is 4.49. The average Bonchev–Trinajstić information content (AvgIpc) is 3.31. The van der Waals surface area contributed by atoms with E-state index < -0.39 is 0 Å². The van der Waals surface area contributed by atoms with E-state index in [4.69, 9.17) is 0 Å². The second kappa shape index (κ2) is 8.34. The summed E-state index contributed by atoms with van der Waals surface area (Å²) in [6, 6.07) is 6.68. The number of thiazole rings is 1. The summed E-state index contributed by atoms with van der Waals surface area (Å²) in [5.41, 5.74) is 4.49. The number of nitrogens with one attached hydrogen (secondary N) is 1. The fourth-order valence-corrected chi connectivity index (χ4v) is 5.34. The number of hydrogen-bond donors (Lipinski definition) is 1. The van der Waals surface area contributed by atoms with Gasteiger partial charge < -0.3 is 5.32 Å². The van der Waals surface area contributed by atoms with Crippen molar-refractivity contribution in [1.29, 1.82) is 0 Å². The minimum Gasteiger partial charge on any atom is -0.302 e. The normalized spacial score (nSPS) is 17.2. The number of carbonyl (C=O) groups excluding carboxylic acids is 1. The van der Waals surface area contributed by atoms with Crippen molar-refractivity contribution in [3.63, 3.8) is 0 Å². The Bertz CT molecular complexity index is 761. The third-order valence-electron chi connectivity index (χ3n) is 5.91. The largest absolute Gasteiger partial charge is 0.302 e. The highest BCUT2D eigenvalue weighted by Crippen LogP contribution is 2.30. The van der Waals surface area contributed by atoms with Gasteiger partial charge in [0.25, 0.3) is 0 Å². The van der Waals surface area contributed by atoms with E-state index in [1.54, 1.807) is 16.9 Å². The van der Waals surface area contributed by atoms with Crippen LogP contribution in [0.25, 0.3) is 0 Å². The molecule has 0 spiro atoms. The van der Waals surface area contributed by atoms with Crippen molar-refractivity contribution in [2.75, 3.05) is 5.32 Å². The summed E-state index contributed by atoms with van der Waals surface area (Å²) in [7, 11) is 0. The zero-order valence-electron chi connectivity index (χ0n) is 15.4. The first-order valence-electron chi connectivity index (χ1n) is 10.1. The second-order valence-corrected chi connectivity index (χ2v) is 8.92. The van der Waals surface area contributed by atoms with Crippen molar-refractivity contribution in [2.45, 2.75) is 70.6 Å². The van der Waals surface area contributed by atoms with Crippen LogP contribution in [0.1, 0.15) is 72.9 Å². The first kappa shape index (κ1) is 17.7. The molecule has 3 nitrogen and oxygen atoms in total. The molecule has 26 heavy (non-hydrogen) atoms. The Morgan fingerprint density at radius 2 is 2.04 bits per heavy atom. The molecule has 1 saturated carbocycles. The van der Waals surface area contributed by atoms with Crippen LogP contribution in [0.2, 0.25) is 0 Å². The monoisotopic (exact) mass is 368 g/mol. The molecule has 1 amide bonds. The lowest BCUT2D eigenvalue weighted by atomic mass is 9.86. The number of anilines is 1. The van der Waals surface area contributed by atoms with Gasteiger partial charge in [0.15, 0.2) is 5.13 Å². The lowest BCUT2D eigenvalue weighted by molar-refractivity contribution is -0.116. The maximum Gasteiger partial charge on any atom is 0.226 e. The lowest BCUT2D eigenvalue weighted by Gasteiger charge is -2.20. The Kier molecular flexibility index (Phi) is 5.68. The molecule has 0 radical (unpaired) electrons. The number of nitrogens with zero attached hydrogens (tertiary/aromatic N) is 1. The molecule has 2 aromatic rings. The van der Waals surface area contributed by atoms with E-state index in [0.29, 0.717) is 6.42 Å². The number of aryl methyl sites for hydroxylation is 1. The first-order chi connectivity index (χ1) is 12.8. The SMILES string of the molecule is O=C(CCC1CCCCC1)Nc1ncc(Cc2cccc3c2CCC3)s1. The van der Waals surface area contributed by atoms with Gasteiger partial charge in [-0.25, -0.2) is 4.98 Å². The Balaban J connectivity index is 1.30. The minimum absolute atomic E-state index is 0.122. The third-order valence-corrected chi connectivity index (χ3v) is 6.82. The van der Waals surface area contributed by atoms with Crippen LogP contribution in [0, 0.1) is 5.92 Å². The highest BCUT2D eigenvalue weighted by molar-refractivity contribution is 7.15. The lowest BCUT2D eigenvalue weighted by Crippen LogP contribution is -2.14. The zero-order valence-corrected chi connectivity index (χ0v) is 16.2. The molecule has 4 rings (SSSR count). The van der Waals surface area contributed by atoms with Gasteiger partial charge in [-0.05, 0) is 48.3 Å². The van der Waals surface area contributed by atoms with E-state index in [2.05, 4.69) is 28.5 Å². The van der Waals surface area contributed by atoms with E-state index in [9.17, 15) is 4.79 Å². The molecule has 138 valence electrons. The number of carbonyl (C=O) groups is 1. The van der Waals surface area contributed by atoms with Gasteiger partial charge in [0.2, 0.25) is 5.91 Å². The van der Waals surface area contributed by atoms with Crippen molar-refractivity contribution in [1.82, 2.24) is 4.98 Å². The van der Waals surface area contributed by atoms with Crippen LogP contribution in [0.5, 0.6) is 0 Å². The van der Waals surface area contributed by atoms with Crippen molar-refractivity contribution in [3.05, 3.63) is 46.0 Å². The predicted octanol–water partition coefficient (Wildman–Crippen LogP) is 5.52. The number of aromatic nitrogens is 1. The van der Waals surface area contributed by atoms with Gasteiger partial charge in [0.05, 0.1) is 0 Å². The molecule has 4 heteroatoms. The summed E-state index contributed by atoms with van der Waals surface area (Å²) in [5, 5.41) is 3.76. The van der Waals surface area contributed by atoms with Crippen molar-refractivity contribution in [3.8, 4) is 0 Å². The van der Waals surface area contributed by atoms with Gasteiger partial charge in [0.1, 0.15) is 0 Å². The number of benzene rings is 1. The van der Waals surface area contributed by atoms with Crippen LogP contribution in [-0.4, -0.2) is 10.9 Å². The molecule has 1 N–H and O–H groups in total. The summed E-state index contributed by atoms with van der Waals surface area (Å²) in [6.45, 7) is 0. The van der Waals surface area contributed by atoms with Crippen molar-refractivity contribution >= 4 is 22.4 Å². The Morgan fingerprint density at radius 1 is 1.15 bits per heavy atom. The maximum atomic E-state index is 12.2. The third kappa shape index (κ3) is 4.35. The number of hydrogen-bond acceptors (Lipinski definition) is 3. The van der Waals surface area contributed by atoms with Crippen LogP contribution in [0.15, 0.2) is 24.4 Å². The van der Waals surface area contributed by atoms with E-state index in [-0.39, 0.29) is 5.91 Å². The van der Waals surface area contributed by atoms with Gasteiger partial charge in [-0.15, -0.1) is 11.3 Å². The van der Waals surface area contributed by atoms with Crippen LogP contribution in [0.4, 0.5) is 5.13 Å². The molecule has 0 atom stereocenters. The number of fused-ring (bicyclic) bond motifs is 1. The van der Waals surface area contributed by atoms with Crippen molar-refractivity contribution < 1.29 is 4.79 Å². The molecule has 1 aromatic carbocycles. The summed E-state index contributed by atoms with van der Waals surface area (Å²) in [5.74, 6) is 0.874. The van der Waals surface area contributed by atoms with Gasteiger partial charge in [0, 0.05) is 23.9 Å². The molecule has 0 unspecified atom stereocenters. The fraction of sp³-hybridized carbons (Fsp3) is 0.545. The molecule has 0 aliphatic heterocycles. The van der Waals surface area contributed by atoms with Crippen molar-refractivity contribution in [2.24, 2.45) is 5.92 Å². The molecule has 2 aliphatic carbocycles. The average molecular weight is 369 g/mol. The summed E-state index contributed by atoms with van der Waals surface area (Å²) in [6.07, 6.45) is 14.9. The van der Waals surface area contributed by atoms with Crippen LogP contribution in [0.3, 0.4) is 0 Å². The van der Waals surface area contributed by atoms with E-state index >= 15 is 0 Å². The molecule has 0 saturated heterocycles. The zero-order chi connectivity index (χ0) is 17.8. The number of rotatable bonds is 6. The topological polar surface area (TPSA) is 42.0 Å². The summed E-state index contributed by atoms with van der Waals surface area (Å²) >= 11 is 1.62. The highest BCUT2D eigenvalue weighted by Gasteiger charge is 2.17. The van der Waals surface area contributed by atoms with Crippen LogP contribution in [-0.2, 0) is 24.1 Å². The maximum absolute atomic E-state index is 12.2. The first-order valence-corrected chi connectivity index (χ1v) is 10.9. The van der Waals surface area contributed by atoms with Gasteiger partial charge >= 0.3 is 0 Å². The van der Waals surface area contributed by atoms with Crippen LogP contribution < -0.4 is 5.32 Å². The molecular formula is C22H28N2OS. The minimum atomic E-state index is 0.122.